The van der Waals surface area contributed by atoms with Gasteiger partial charge in [-0.15, -0.1) is 11.3 Å². The van der Waals surface area contributed by atoms with Gasteiger partial charge in [0.2, 0.25) is 23.6 Å². The van der Waals surface area contributed by atoms with E-state index in [1.54, 1.807) is 74.6 Å². The molecule has 10 nitrogen and oxygen atoms in total. The van der Waals surface area contributed by atoms with Crippen LogP contribution in [0.3, 0.4) is 0 Å². The number of rotatable bonds is 6. The number of carbonyl (C=O) groups is 5. The van der Waals surface area contributed by atoms with Crippen LogP contribution in [0.4, 0.5) is 15.9 Å². The van der Waals surface area contributed by atoms with Crippen LogP contribution in [0, 0.1) is 41.8 Å². The second-order valence-corrected chi connectivity index (χ2v) is 17.8. The van der Waals surface area contributed by atoms with Gasteiger partial charge in [-0.1, -0.05) is 65.7 Å². The van der Waals surface area contributed by atoms with Crippen molar-refractivity contribution < 1.29 is 33.5 Å². The summed E-state index contributed by atoms with van der Waals surface area (Å²) in [4.78, 5) is 75.1. The fraction of sp³-hybridized carbons (Fsp3) is 0.234. The summed E-state index contributed by atoms with van der Waals surface area (Å²) in [6, 6.07) is 26.6. The molecular formula is C47H36ClFN4O6S. The Morgan fingerprint density at radius 1 is 0.883 bits per heavy atom. The molecule has 300 valence electrons. The summed E-state index contributed by atoms with van der Waals surface area (Å²) < 4.78 is 17.8. The highest BCUT2D eigenvalue weighted by molar-refractivity contribution is 7.22. The first kappa shape index (κ1) is 38.0. The van der Waals surface area contributed by atoms with Crippen LogP contribution >= 0.6 is 22.9 Å². The third kappa shape index (κ3) is 5.36. The van der Waals surface area contributed by atoms with Crippen molar-refractivity contribution in [3.63, 3.8) is 0 Å². The number of ketones is 1. The maximum absolute atomic E-state index is 15.3. The van der Waals surface area contributed by atoms with Gasteiger partial charge in [0.1, 0.15) is 11.5 Å². The Hall–Kier alpha value is -6.24. The molecule has 3 fully saturated rings. The molecule has 6 aromatic rings. The van der Waals surface area contributed by atoms with Crippen LogP contribution in [0.2, 0.25) is 5.02 Å². The Morgan fingerprint density at radius 2 is 1.62 bits per heavy atom. The number of amides is 4. The summed E-state index contributed by atoms with van der Waals surface area (Å²) >= 11 is 7.84. The number of aromatic hydroxyl groups is 1. The van der Waals surface area contributed by atoms with E-state index in [4.69, 9.17) is 16.7 Å². The van der Waals surface area contributed by atoms with Gasteiger partial charge < -0.3 is 5.11 Å². The molecule has 1 saturated carbocycles. The van der Waals surface area contributed by atoms with Crippen molar-refractivity contribution >= 4 is 73.9 Å². The number of hydrogen-bond donors (Lipinski definition) is 1. The summed E-state index contributed by atoms with van der Waals surface area (Å²) in [6.45, 7) is 3.65. The minimum absolute atomic E-state index is 0.0649. The standard InChI is InChI=1S/C47H36ClFN4O6S/c1-23-31-20-26(48)14-19-36(31)60-42(23)35-22-37(51(3)50-35)53-44(57)33-21-32-28(39(47(33,2)46(53)59)30-10-7-11-34(49)41(30)55)17-18-29-38(32)45(58)52(43(29)56)27-15-12-25(13-16-27)40(54)24-8-5-4-6-9-24/h4-17,19-20,22,29,32-33,38-39,55H,18,21H2,1-3H3/t29-,32+,33-,38-,39+,47+/m0/s1. The molecule has 10 rings (SSSR count). The lowest BCUT2D eigenvalue weighted by Crippen LogP contribution is -2.49. The molecule has 13 heteroatoms. The Morgan fingerprint density at radius 3 is 2.37 bits per heavy atom. The number of halogens is 2. The summed E-state index contributed by atoms with van der Waals surface area (Å²) in [6.07, 6.45) is 2.07. The Labute approximate surface area is 352 Å². The number of phenols is 1. The Bertz CT molecular complexity index is 2910. The Kier molecular flexibility index (Phi) is 8.64. The van der Waals surface area contributed by atoms with Gasteiger partial charge in [0, 0.05) is 45.4 Å². The second kappa shape index (κ2) is 13.7. The van der Waals surface area contributed by atoms with Crippen LogP contribution < -0.4 is 9.80 Å². The summed E-state index contributed by atoms with van der Waals surface area (Å²) in [5, 5.41) is 17.6. The van der Waals surface area contributed by atoms with Crippen molar-refractivity contribution in [3.8, 4) is 16.3 Å². The second-order valence-electron chi connectivity index (χ2n) is 16.3. The van der Waals surface area contributed by atoms with E-state index in [1.165, 1.54) is 22.1 Å². The average Bonchev–Trinajstić information content (AvgIpc) is 3.92. The van der Waals surface area contributed by atoms with Crippen LogP contribution in [0.5, 0.6) is 5.75 Å². The van der Waals surface area contributed by atoms with E-state index in [9.17, 15) is 24.3 Å². The highest BCUT2D eigenvalue weighted by Crippen LogP contribution is 2.64. The molecule has 2 aliphatic carbocycles. The van der Waals surface area contributed by atoms with Gasteiger partial charge in [-0.2, -0.15) is 5.10 Å². The van der Waals surface area contributed by atoms with E-state index < -0.39 is 70.2 Å². The molecule has 1 N–H and O–H groups in total. The zero-order chi connectivity index (χ0) is 41.9. The number of aryl methyl sites for hydroxylation is 2. The van der Waals surface area contributed by atoms with Crippen molar-refractivity contribution in [3.05, 3.63) is 142 Å². The summed E-state index contributed by atoms with van der Waals surface area (Å²) in [7, 11) is 1.66. The van der Waals surface area contributed by atoms with E-state index in [0.717, 1.165) is 36.4 Å². The number of nitrogens with zero attached hydrogens (tertiary/aromatic N) is 4. The van der Waals surface area contributed by atoms with Gasteiger partial charge in [-0.05, 0) is 92.1 Å². The predicted molar refractivity (Wildman–Crippen MR) is 225 cm³/mol. The molecule has 0 spiro atoms. The fourth-order valence-corrected chi connectivity index (χ4v) is 11.6. The number of aromatic nitrogens is 2. The minimum Gasteiger partial charge on any atom is -0.505 e. The van der Waals surface area contributed by atoms with Crippen molar-refractivity contribution in [1.29, 1.82) is 0 Å². The zero-order valence-electron chi connectivity index (χ0n) is 32.6. The van der Waals surface area contributed by atoms with E-state index >= 15 is 9.18 Å². The van der Waals surface area contributed by atoms with E-state index in [2.05, 4.69) is 0 Å². The molecule has 60 heavy (non-hydrogen) atoms. The number of allylic oxidation sites excluding steroid dienone is 2. The molecule has 4 aliphatic rings. The molecular weight excluding hydrogens is 803 g/mol. The SMILES string of the molecule is Cc1c(-c2cc(N3C(=O)[C@@H]4C[C@@H]5C(=CC[C@@H]6C(=O)N(c7ccc(C(=O)c8ccccc8)cc7)C(=O)[C@@H]65)[C@H](c5cccc(F)c5O)[C@]4(C)C3=O)n(C)n2)sc2ccc(Cl)cc12. The van der Waals surface area contributed by atoms with Gasteiger partial charge >= 0.3 is 0 Å². The average molecular weight is 839 g/mol. The van der Waals surface area contributed by atoms with Crippen LogP contribution in [0.15, 0.2) is 109 Å². The number of thiophene rings is 1. The first-order chi connectivity index (χ1) is 28.8. The highest BCUT2D eigenvalue weighted by Gasteiger charge is 2.68. The zero-order valence-corrected chi connectivity index (χ0v) is 34.1. The van der Waals surface area contributed by atoms with Gasteiger partial charge in [-0.3, -0.25) is 33.6 Å². The topological polar surface area (TPSA) is 130 Å². The van der Waals surface area contributed by atoms with Crippen molar-refractivity contribution in [1.82, 2.24) is 9.78 Å². The molecule has 0 unspecified atom stereocenters. The van der Waals surface area contributed by atoms with Gasteiger partial charge in [0.05, 0.1) is 33.7 Å². The normalized spacial score (nSPS) is 24.8. The van der Waals surface area contributed by atoms with E-state index in [1.807, 2.05) is 37.3 Å². The molecule has 2 aromatic heterocycles. The minimum atomic E-state index is -1.52. The number of para-hydroxylation sites is 1. The smallest absolute Gasteiger partial charge is 0.242 e. The quantitative estimate of drug-likeness (QED) is 0.101. The third-order valence-corrected chi connectivity index (χ3v) is 14.8. The van der Waals surface area contributed by atoms with Crippen LogP contribution in [-0.4, -0.2) is 44.3 Å². The number of imide groups is 2. The highest BCUT2D eigenvalue weighted by atomic mass is 35.5. The number of hydrogen-bond acceptors (Lipinski definition) is 8. The first-order valence-electron chi connectivity index (χ1n) is 19.7. The summed E-state index contributed by atoms with van der Waals surface area (Å²) in [5.74, 6) is -7.77. The predicted octanol–water partition coefficient (Wildman–Crippen LogP) is 8.77. The lowest BCUT2D eigenvalue weighted by Gasteiger charge is -2.49. The van der Waals surface area contributed by atoms with Gasteiger partial charge in [0.25, 0.3) is 0 Å². The molecule has 0 bridgehead atoms. The number of fused-ring (bicyclic) bond motifs is 5. The van der Waals surface area contributed by atoms with Crippen molar-refractivity contribution in [2.45, 2.75) is 32.6 Å². The van der Waals surface area contributed by atoms with Crippen LogP contribution in [-0.2, 0) is 26.2 Å². The van der Waals surface area contributed by atoms with E-state index in [0.29, 0.717) is 33.1 Å². The number of carbonyl (C=O) groups excluding carboxylic acids is 5. The molecule has 2 aliphatic heterocycles. The van der Waals surface area contributed by atoms with Gasteiger partial charge in [-0.25, -0.2) is 9.29 Å². The molecule has 0 radical (unpaired) electrons. The molecule has 2 saturated heterocycles. The maximum atomic E-state index is 15.3. The van der Waals surface area contributed by atoms with Crippen molar-refractivity contribution in [2.75, 3.05) is 9.80 Å². The maximum Gasteiger partial charge on any atom is 0.242 e. The van der Waals surface area contributed by atoms with Gasteiger partial charge in [0.15, 0.2) is 17.3 Å². The van der Waals surface area contributed by atoms with Crippen molar-refractivity contribution in [2.24, 2.45) is 36.1 Å². The van der Waals surface area contributed by atoms with E-state index in [-0.39, 0.29) is 30.0 Å². The van der Waals surface area contributed by atoms with Crippen LogP contribution in [0.1, 0.15) is 52.7 Å². The Balaban J connectivity index is 1.03. The monoisotopic (exact) mass is 838 g/mol. The van der Waals surface area contributed by atoms with Crippen LogP contribution in [0.25, 0.3) is 20.7 Å². The third-order valence-electron chi connectivity index (χ3n) is 13.2. The lowest BCUT2D eigenvalue weighted by atomic mass is 9.51. The molecule has 6 atom stereocenters. The first-order valence-corrected chi connectivity index (χ1v) is 20.9. The molecule has 4 heterocycles. The number of benzene rings is 4. The lowest BCUT2D eigenvalue weighted by molar-refractivity contribution is -0.131. The summed E-state index contributed by atoms with van der Waals surface area (Å²) in [5.41, 5.74) is 1.95. The number of anilines is 2. The largest absolute Gasteiger partial charge is 0.505 e. The molecule has 4 aromatic carbocycles. The fourth-order valence-electron chi connectivity index (χ4n) is 10.3. The molecule has 4 amide bonds. The number of phenolic OH excluding ortho intramolecular Hbond substituents is 1.